The molecule has 7 heteroatoms. The molecule has 3 rings (SSSR count). The molecule has 1 atom stereocenters. The van der Waals surface area contributed by atoms with E-state index in [1.165, 1.54) is 6.20 Å². The second kappa shape index (κ2) is 7.83. The Balaban J connectivity index is 1.65. The second-order valence-electron chi connectivity index (χ2n) is 5.41. The number of nitrogens with one attached hydrogen (secondary N) is 1. The van der Waals surface area contributed by atoms with E-state index in [-0.39, 0.29) is 5.91 Å². The van der Waals surface area contributed by atoms with Gasteiger partial charge in [0.2, 0.25) is 5.88 Å². The number of pyridine rings is 1. The summed E-state index contributed by atoms with van der Waals surface area (Å²) in [7, 11) is 0. The quantitative estimate of drug-likeness (QED) is 0.852. The summed E-state index contributed by atoms with van der Waals surface area (Å²) in [6.07, 6.45) is 3.83. The largest absolute Gasteiger partial charge is 0.437 e. The topological polar surface area (TPSA) is 60.5 Å². The van der Waals surface area contributed by atoms with Gasteiger partial charge >= 0.3 is 0 Å². The average molecular weight is 367 g/mol. The van der Waals surface area contributed by atoms with E-state index < -0.39 is 6.10 Å². The van der Waals surface area contributed by atoms with Crippen molar-refractivity contribution in [1.82, 2.24) is 4.98 Å². The minimum absolute atomic E-state index is 0.154. The Morgan fingerprint density at radius 1 is 1.25 bits per heavy atom. The van der Waals surface area contributed by atoms with Gasteiger partial charge in [-0.15, -0.1) is 0 Å². The minimum Gasteiger partial charge on any atom is -0.437 e. The van der Waals surface area contributed by atoms with Crippen molar-refractivity contribution in [2.24, 2.45) is 0 Å². The van der Waals surface area contributed by atoms with E-state index >= 15 is 0 Å². The molecule has 1 aliphatic rings. The molecule has 1 fully saturated rings. The maximum Gasteiger partial charge on any atom is 0.253 e. The van der Waals surface area contributed by atoms with Crippen LogP contribution < -0.4 is 10.1 Å². The number of benzene rings is 1. The lowest BCUT2D eigenvalue weighted by Gasteiger charge is -2.21. The third-order valence-corrected chi connectivity index (χ3v) is 4.11. The van der Waals surface area contributed by atoms with E-state index in [1.54, 1.807) is 30.3 Å². The Labute approximate surface area is 149 Å². The highest BCUT2D eigenvalue weighted by Gasteiger charge is 2.22. The summed E-state index contributed by atoms with van der Waals surface area (Å²) in [5.74, 6) is 0.672. The zero-order valence-electron chi connectivity index (χ0n) is 12.8. The first-order chi connectivity index (χ1) is 11.6. The van der Waals surface area contributed by atoms with Gasteiger partial charge in [0.25, 0.3) is 5.91 Å². The maximum absolute atomic E-state index is 12.2. The van der Waals surface area contributed by atoms with Gasteiger partial charge in [-0.2, -0.15) is 0 Å². The third-order valence-electron chi connectivity index (χ3n) is 3.59. The van der Waals surface area contributed by atoms with Crippen LogP contribution in [0.2, 0.25) is 10.0 Å². The fourth-order valence-electron chi connectivity index (χ4n) is 2.37. The van der Waals surface area contributed by atoms with E-state index in [0.29, 0.717) is 34.0 Å². The first-order valence-electron chi connectivity index (χ1n) is 7.63. The number of nitrogens with zero attached hydrogens (tertiary/aromatic N) is 1. The predicted octanol–water partition coefficient (Wildman–Crippen LogP) is 4.69. The van der Waals surface area contributed by atoms with Crippen LogP contribution in [0, 0.1) is 0 Å². The summed E-state index contributed by atoms with van der Waals surface area (Å²) < 4.78 is 11.1. The highest BCUT2D eigenvalue weighted by atomic mass is 35.5. The number of anilines is 1. The smallest absolute Gasteiger partial charge is 0.253 e. The number of halogens is 2. The minimum atomic E-state index is -0.397. The van der Waals surface area contributed by atoms with Gasteiger partial charge in [-0.1, -0.05) is 23.2 Å². The van der Waals surface area contributed by atoms with Crippen LogP contribution in [0.3, 0.4) is 0 Å². The van der Waals surface area contributed by atoms with Gasteiger partial charge in [-0.05, 0) is 43.5 Å². The van der Waals surface area contributed by atoms with Crippen molar-refractivity contribution in [3.8, 4) is 11.6 Å². The summed E-state index contributed by atoms with van der Waals surface area (Å²) in [5, 5.41) is 3.71. The van der Waals surface area contributed by atoms with Gasteiger partial charge in [0.15, 0.2) is 0 Å². The number of ether oxygens (including phenoxy) is 2. The fraction of sp³-hybridized carbons (Fsp3) is 0.294. The van der Waals surface area contributed by atoms with Crippen molar-refractivity contribution in [3.05, 3.63) is 46.6 Å². The Hall–Kier alpha value is -1.82. The molecule has 1 N–H and O–H groups in total. The SMILES string of the molecule is O=C(Nc1ccc(Oc2ccc(Cl)cn2)c(Cl)c1)C1CCCCO1. The van der Waals surface area contributed by atoms with Gasteiger partial charge in [0.1, 0.15) is 11.9 Å². The highest BCUT2D eigenvalue weighted by Crippen LogP contribution is 2.31. The molecule has 0 radical (unpaired) electrons. The van der Waals surface area contributed by atoms with Crippen LogP contribution in [0.4, 0.5) is 5.69 Å². The van der Waals surface area contributed by atoms with Gasteiger partial charge in [-0.25, -0.2) is 4.98 Å². The van der Waals surface area contributed by atoms with Gasteiger partial charge in [0.05, 0.1) is 10.0 Å². The molecule has 0 bridgehead atoms. The maximum atomic E-state index is 12.2. The number of carbonyl (C=O) groups is 1. The molecule has 126 valence electrons. The van der Waals surface area contributed by atoms with E-state index in [2.05, 4.69) is 10.3 Å². The van der Waals surface area contributed by atoms with Gasteiger partial charge < -0.3 is 14.8 Å². The van der Waals surface area contributed by atoms with E-state index in [9.17, 15) is 4.79 Å². The van der Waals surface area contributed by atoms with E-state index in [1.807, 2.05) is 0 Å². The Morgan fingerprint density at radius 2 is 2.12 bits per heavy atom. The average Bonchev–Trinajstić information content (AvgIpc) is 2.60. The molecule has 1 saturated heterocycles. The van der Waals surface area contributed by atoms with Crippen molar-refractivity contribution in [1.29, 1.82) is 0 Å². The molecule has 1 amide bonds. The molecule has 24 heavy (non-hydrogen) atoms. The third kappa shape index (κ3) is 4.38. The number of amides is 1. The zero-order valence-corrected chi connectivity index (χ0v) is 14.3. The molecule has 1 aliphatic heterocycles. The fourth-order valence-corrected chi connectivity index (χ4v) is 2.70. The summed E-state index contributed by atoms with van der Waals surface area (Å²) in [6.45, 7) is 0.625. The molecule has 2 heterocycles. The number of hydrogen-bond donors (Lipinski definition) is 1. The standard InChI is InChI=1S/C17H16Cl2N2O3/c18-11-4-7-16(20-10-11)24-14-6-5-12(9-13(14)19)21-17(22)15-3-1-2-8-23-15/h4-7,9-10,15H,1-3,8H2,(H,21,22). The van der Waals surface area contributed by atoms with Gasteiger partial charge in [0, 0.05) is 24.6 Å². The monoisotopic (exact) mass is 366 g/mol. The molecular weight excluding hydrogens is 351 g/mol. The van der Waals surface area contributed by atoms with Crippen LogP contribution in [-0.4, -0.2) is 23.6 Å². The number of carbonyl (C=O) groups excluding carboxylic acids is 1. The van der Waals surface area contributed by atoms with Crippen molar-refractivity contribution in [3.63, 3.8) is 0 Å². The first-order valence-corrected chi connectivity index (χ1v) is 8.39. The van der Waals surface area contributed by atoms with Crippen LogP contribution in [0.1, 0.15) is 19.3 Å². The number of hydrogen-bond acceptors (Lipinski definition) is 4. The molecule has 1 aromatic carbocycles. The normalized spacial score (nSPS) is 17.3. The number of aromatic nitrogens is 1. The summed E-state index contributed by atoms with van der Waals surface area (Å²) in [6, 6.07) is 8.35. The van der Waals surface area contributed by atoms with Crippen molar-refractivity contribution in [2.45, 2.75) is 25.4 Å². The molecule has 0 spiro atoms. The molecule has 5 nitrogen and oxygen atoms in total. The van der Waals surface area contributed by atoms with Crippen LogP contribution in [0.15, 0.2) is 36.5 Å². The van der Waals surface area contributed by atoms with E-state index in [4.69, 9.17) is 32.7 Å². The Kier molecular flexibility index (Phi) is 5.56. The van der Waals surface area contributed by atoms with Crippen LogP contribution in [0.25, 0.3) is 0 Å². The summed E-state index contributed by atoms with van der Waals surface area (Å²) in [5.41, 5.74) is 0.593. The lowest BCUT2D eigenvalue weighted by atomic mass is 10.1. The van der Waals surface area contributed by atoms with Crippen molar-refractivity contribution >= 4 is 34.8 Å². The molecule has 0 saturated carbocycles. The summed E-state index contributed by atoms with van der Waals surface area (Å²) >= 11 is 12.0. The van der Waals surface area contributed by atoms with Crippen LogP contribution in [-0.2, 0) is 9.53 Å². The lowest BCUT2D eigenvalue weighted by molar-refractivity contribution is -0.129. The van der Waals surface area contributed by atoms with Crippen molar-refractivity contribution < 1.29 is 14.3 Å². The van der Waals surface area contributed by atoms with Crippen molar-refractivity contribution in [2.75, 3.05) is 11.9 Å². The lowest BCUT2D eigenvalue weighted by Crippen LogP contribution is -2.33. The Morgan fingerprint density at radius 3 is 2.79 bits per heavy atom. The van der Waals surface area contributed by atoms with Crippen LogP contribution >= 0.6 is 23.2 Å². The Bertz CT molecular complexity index is 716. The molecular formula is C17H16Cl2N2O3. The molecule has 1 aromatic heterocycles. The molecule has 1 unspecified atom stereocenters. The summed E-state index contributed by atoms with van der Waals surface area (Å²) in [4.78, 5) is 16.2. The van der Waals surface area contributed by atoms with Gasteiger partial charge in [-0.3, -0.25) is 4.79 Å². The zero-order chi connectivity index (χ0) is 16.9. The molecule has 2 aromatic rings. The second-order valence-corrected chi connectivity index (χ2v) is 6.25. The van der Waals surface area contributed by atoms with Crippen LogP contribution in [0.5, 0.6) is 11.6 Å². The first kappa shape index (κ1) is 17.0. The highest BCUT2D eigenvalue weighted by molar-refractivity contribution is 6.32. The van der Waals surface area contributed by atoms with E-state index in [0.717, 1.165) is 19.3 Å². The molecule has 0 aliphatic carbocycles. The predicted molar refractivity (Wildman–Crippen MR) is 93.0 cm³/mol. The number of rotatable bonds is 4.